The minimum absolute atomic E-state index is 0.237. The van der Waals surface area contributed by atoms with E-state index < -0.39 is 0 Å². The van der Waals surface area contributed by atoms with Crippen molar-refractivity contribution in [1.82, 2.24) is 4.90 Å². The lowest BCUT2D eigenvalue weighted by atomic mass is 10.5. The Morgan fingerprint density at radius 3 is 0.714 bits per heavy atom. The van der Waals surface area contributed by atoms with Crippen LogP contribution >= 0.6 is 11.6 Å². The van der Waals surface area contributed by atoms with Gasteiger partial charge in [0.2, 0.25) is 0 Å². The first-order valence-corrected chi connectivity index (χ1v) is 17.4. The molecule has 0 spiro atoms. The highest BCUT2D eigenvalue weighted by Crippen LogP contribution is 2.02. The van der Waals surface area contributed by atoms with Gasteiger partial charge >= 0.3 is 0 Å². The summed E-state index contributed by atoms with van der Waals surface area (Å²) < 4.78 is 70.4. The smallest absolute Gasteiger partial charge is 0.253 e. The molecule has 49 heavy (non-hydrogen) atoms. The van der Waals surface area contributed by atoms with Gasteiger partial charge in [0, 0.05) is 18.0 Å². The summed E-state index contributed by atoms with van der Waals surface area (Å²) in [6.07, 6.45) is 2.51. The maximum absolute atomic E-state index is 11.4. The zero-order valence-corrected chi connectivity index (χ0v) is 29.7. The van der Waals surface area contributed by atoms with Crippen LogP contribution in [0, 0.1) is 0 Å². The van der Waals surface area contributed by atoms with Crippen molar-refractivity contribution >= 4 is 23.4 Å². The Kier molecular flexibility index (Phi) is 35.3. The summed E-state index contributed by atoms with van der Waals surface area (Å²) in [7, 11) is 0. The summed E-state index contributed by atoms with van der Waals surface area (Å²) >= 11 is 5.51. The molecule has 2 amide bonds. The second kappa shape index (κ2) is 37.9. The highest BCUT2D eigenvalue weighted by atomic mass is 35.5. The molecule has 1 aliphatic heterocycles. The van der Waals surface area contributed by atoms with Gasteiger partial charge in [0.05, 0.1) is 178 Å². The minimum Gasteiger partial charge on any atom is -0.378 e. The van der Waals surface area contributed by atoms with Crippen molar-refractivity contribution in [3.8, 4) is 0 Å². The molecule has 1 rings (SSSR count). The van der Waals surface area contributed by atoms with Crippen molar-refractivity contribution in [2.45, 2.75) is 0 Å². The monoisotopic (exact) mass is 731 g/mol. The van der Waals surface area contributed by atoms with Gasteiger partial charge in [0.25, 0.3) is 11.8 Å². The number of alkyl halides is 1. The zero-order valence-electron chi connectivity index (χ0n) is 28.9. The van der Waals surface area contributed by atoms with E-state index in [1.807, 2.05) is 0 Å². The second-order valence-corrected chi connectivity index (χ2v) is 10.2. The molecule has 288 valence electrons. The minimum atomic E-state index is -0.308. The largest absolute Gasteiger partial charge is 0.378 e. The molecule has 17 heteroatoms. The van der Waals surface area contributed by atoms with E-state index in [2.05, 4.69) is 0 Å². The number of nitrogens with zero attached hydrogens (tertiary/aromatic N) is 1. The molecule has 0 saturated heterocycles. The summed E-state index contributed by atoms with van der Waals surface area (Å²) in [5.41, 5.74) is 0. The molecule has 0 aromatic heterocycles. The molecule has 0 atom stereocenters. The average molecular weight is 732 g/mol. The van der Waals surface area contributed by atoms with Gasteiger partial charge in [0.1, 0.15) is 0 Å². The molecule has 0 fully saturated rings. The van der Waals surface area contributed by atoms with Gasteiger partial charge < -0.3 is 61.6 Å². The standard InChI is InChI=1S/C32H58ClNO15/c33-3-5-37-7-9-39-11-13-41-15-17-43-19-21-45-23-25-47-27-29-49-30-28-48-26-24-46-22-20-44-18-16-42-14-12-40-10-8-38-6-4-34-31(35)1-2-32(34)36/h1-2H,3-30H2. The maximum Gasteiger partial charge on any atom is 0.253 e. The molecular formula is C32H58ClNO15. The lowest BCUT2D eigenvalue weighted by Gasteiger charge is -2.13. The van der Waals surface area contributed by atoms with Gasteiger partial charge in [0.15, 0.2) is 0 Å². The fourth-order valence-electron chi connectivity index (χ4n) is 3.60. The van der Waals surface area contributed by atoms with E-state index in [9.17, 15) is 9.59 Å². The molecule has 0 aromatic carbocycles. The number of halogens is 1. The van der Waals surface area contributed by atoms with E-state index in [0.717, 1.165) is 4.90 Å². The molecule has 1 heterocycles. The first-order valence-electron chi connectivity index (χ1n) is 16.9. The number of hydrogen-bond acceptors (Lipinski definition) is 15. The predicted octanol–water partition coefficient (Wildman–Crippen LogP) is 0.366. The Morgan fingerprint density at radius 2 is 0.510 bits per heavy atom. The molecule has 0 aromatic rings. The molecule has 0 bridgehead atoms. The van der Waals surface area contributed by atoms with Gasteiger partial charge in [-0.25, -0.2) is 0 Å². The van der Waals surface area contributed by atoms with Gasteiger partial charge in [-0.1, -0.05) is 0 Å². The summed E-state index contributed by atoms with van der Waals surface area (Å²) in [6, 6.07) is 0. The highest BCUT2D eigenvalue weighted by molar-refractivity contribution is 6.18. The fraction of sp³-hybridized carbons (Fsp3) is 0.875. The predicted molar refractivity (Wildman–Crippen MR) is 177 cm³/mol. The van der Waals surface area contributed by atoms with Crippen LogP contribution < -0.4 is 0 Å². The molecule has 0 saturated carbocycles. The quantitative estimate of drug-likeness (QED) is 0.0482. The van der Waals surface area contributed by atoms with Crippen molar-refractivity contribution in [3.63, 3.8) is 0 Å². The third-order valence-electron chi connectivity index (χ3n) is 6.05. The number of ether oxygens (including phenoxy) is 13. The first-order chi connectivity index (χ1) is 24.3. The Balaban J connectivity index is 1.61. The van der Waals surface area contributed by atoms with E-state index in [0.29, 0.717) is 171 Å². The summed E-state index contributed by atoms with van der Waals surface area (Å²) in [4.78, 5) is 23.9. The van der Waals surface area contributed by atoms with Crippen LogP contribution in [0.4, 0.5) is 0 Å². The van der Waals surface area contributed by atoms with Crippen LogP contribution in [0.1, 0.15) is 0 Å². The van der Waals surface area contributed by atoms with Gasteiger partial charge in [-0.05, 0) is 0 Å². The Bertz CT molecular complexity index is 750. The Hall–Kier alpha value is -1.35. The fourth-order valence-corrected chi connectivity index (χ4v) is 3.71. The summed E-state index contributed by atoms with van der Waals surface area (Å²) in [5, 5.41) is 0. The normalized spacial score (nSPS) is 13.0. The molecule has 0 unspecified atom stereocenters. The molecule has 16 nitrogen and oxygen atoms in total. The van der Waals surface area contributed by atoms with E-state index in [1.165, 1.54) is 12.2 Å². The third-order valence-corrected chi connectivity index (χ3v) is 6.20. The summed E-state index contributed by atoms with van der Waals surface area (Å²) in [6.45, 7) is 12.7. The van der Waals surface area contributed by atoms with Crippen LogP contribution in [0.25, 0.3) is 0 Å². The number of hydrogen-bond donors (Lipinski definition) is 0. The maximum atomic E-state index is 11.4. The van der Waals surface area contributed by atoms with Crippen LogP contribution in [0.15, 0.2) is 12.2 Å². The summed E-state index contributed by atoms with van der Waals surface area (Å²) in [5.74, 6) is -0.125. The lowest BCUT2D eigenvalue weighted by Crippen LogP contribution is -2.33. The molecule has 1 aliphatic rings. The van der Waals surface area contributed by atoms with Crippen molar-refractivity contribution in [3.05, 3.63) is 12.2 Å². The Labute approximate surface area is 295 Å². The number of carbonyl (C=O) groups is 2. The third kappa shape index (κ3) is 32.3. The van der Waals surface area contributed by atoms with Crippen molar-refractivity contribution < 1.29 is 71.2 Å². The van der Waals surface area contributed by atoms with E-state index in [4.69, 9.17) is 73.2 Å². The molecule has 0 radical (unpaired) electrons. The number of carbonyl (C=O) groups excluding carboxylic acids is 2. The Morgan fingerprint density at radius 1 is 0.327 bits per heavy atom. The SMILES string of the molecule is O=C1C=CC(=O)N1CCOCCOCCOCCOCCOCCOCCOCCOCCOCCOCCOCCOCCOCCCl. The van der Waals surface area contributed by atoms with Gasteiger partial charge in [-0.2, -0.15) is 0 Å². The van der Waals surface area contributed by atoms with E-state index in [1.54, 1.807) is 0 Å². The van der Waals surface area contributed by atoms with Crippen molar-refractivity contribution in [2.24, 2.45) is 0 Å². The number of imide groups is 1. The average Bonchev–Trinajstić information content (AvgIpc) is 3.43. The topological polar surface area (TPSA) is 157 Å². The van der Waals surface area contributed by atoms with E-state index in [-0.39, 0.29) is 25.0 Å². The van der Waals surface area contributed by atoms with Crippen LogP contribution in [0.2, 0.25) is 0 Å². The lowest BCUT2D eigenvalue weighted by molar-refractivity contribution is -0.137. The van der Waals surface area contributed by atoms with Gasteiger partial charge in [-0.3, -0.25) is 14.5 Å². The number of amides is 2. The molecule has 0 aliphatic carbocycles. The van der Waals surface area contributed by atoms with Crippen LogP contribution in [0.3, 0.4) is 0 Å². The van der Waals surface area contributed by atoms with Crippen LogP contribution in [-0.2, 0) is 71.2 Å². The van der Waals surface area contributed by atoms with Gasteiger partial charge in [-0.15, -0.1) is 11.6 Å². The highest BCUT2D eigenvalue weighted by Gasteiger charge is 2.22. The zero-order chi connectivity index (χ0) is 35.1. The first kappa shape index (κ1) is 45.7. The van der Waals surface area contributed by atoms with Crippen molar-refractivity contribution in [2.75, 3.05) is 184 Å². The van der Waals surface area contributed by atoms with E-state index >= 15 is 0 Å². The van der Waals surface area contributed by atoms with Crippen LogP contribution in [-0.4, -0.2) is 201 Å². The second-order valence-electron chi connectivity index (χ2n) is 9.81. The number of rotatable bonds is 41. The molecular weight excluding hydrogens is 674 g/mol. The van der Waals surface area contributed by atoms with Crippen molar-refractivity contribution in [1.29, 1.82) is 0 Å². The van der Waals surface area contributed by atoms with Crippen LogP contribution in [0.5, 0.6) is 0 Å². The molecule has 0 N–H and O–H groups in total.